The first kappa shape index (κ1) is 15.3. The van der Waals surface area contributed by atoms with E-state index in [0.717, 1.165) is 38.6 Å². The fraction of sp³-hybridized carbons (Fsp3) is 0.533. The molecule has 114 valence electrons. The van der Waals surface area contributed by atoms with E-state index in [1.54, 1.807) is 0 Å². The molecule has 1 aromatic heterocycles. The Balaban J connectivity index is 2.05. The van der Waals surface area contributed by atoms with Gasteiger partial charge in [0.15, 0.2) is 0 Å². The van der Waals surface area contributed by atoms with Gasteiger partial charge < -0.3 is 15.3 Å². The monoisotopic (exact) mass is 291 g/mol. The quantitative estimate of drug-likeness (QED) is 0.893. The molecule has 0 saturated carbocycles. The SMILES string of the molecule is CCCC1CCCCN1C(=O)Nc1cncc(C(=O)O)c1. The van der Waals surface area contributed by atoms with Gasteiger partial charge >= 0.3 is 12.0 Å². The van der Waals surface area contributed by atoms with Crippen LogP contribution in [-0.2, 0) is 0 Å². The number of likely N-dealkylation sites (tertiary alicyclic amines) is 1. The second kappa shape index (κ2) is 7.06. The molecule has 0 aliphatic carbocycles. The van der Waals surface area contributed by atoms with Crippen molar-refractivity contribution in [3.63, 3.8) is 0 Å². The minimum atomic E-state index is -1.06. The summed E-state index contributed by atoms with van der Waals surface area (Å²) in [5.41, 5.74) is 0.484. The molecule has 1 fully saturated rings. The van der Waals surface area contributed by atoms with Crippen molar-refractivity contribution in [3.05, 3.63) is 24.0 Å². The summed E-state index contributed by atoms with van der Waals surface area (Å²) in [6, 6.07) is 1.53. The third-order valence-corrected chi connectivity index (χ3v) is 3.75. The molecule has 1 aromatic rings. The number of hydrogen-bond acceptors (Lipinski definition) is 3. The molecule has 2 N–H and O–H groups in total. The minimum absolute atomic E-state index is 0.0663. The first-order chi connectivity index (χ1) is 10.1. The van der Waals surface area contributed by atoms with Crippen LogP contribution in [0, 0.1) is 0 Å². The van der Waals surface area contributed by atoms with Gasteiger partial charge in [0.1, 0.15) is 0 Å². The lowest BCUT2D eigenvalue weighted by Gasteiger charge is -2.35. The molecule has 2 rings (SSSR count). The first-order valence-electron chi connectivity index (χ1n) is 7.37. The number of hydrogen-bond donors (Lipinski definition) is 2. The van der Waals surface area contributed by atoms with Crippen molar-refractivity contribution >= 4 is 17.7 Å². The van der Waals surface area contributed by atoms with Crippen LogP contribution >= 0.6 is 0 Å². The van der Waals surface area contributed by atoms with E-state index in [9.17, 15) is 9.59 Å². The van der Waals surface area contributed by atoms with Gasteiger partial charge in [-0.3, -0.25) is 4.98 Å². The van der Waals surface area contributed by atoms with Crippen LogP contribution in [0.5, 0.6) is 0 Å². The van der Waals surface area contributed by atoms with Gasteiger partial charge in [0.2, 0.25) is 0 Å². The number of carbonyl (C=O) groups excluding carboxylic acids is 1. The van der Waals surface area contributed by atoms with Gasteiger partial charge in [0, 0.05) is 18.8 Å². The normalized spacial score (nSPS) is 18.3. The van der Waals surface area contributed by atoms with E-state index < -0.39 is 5.97 Å². The Morgan fingerprint density at radius 1 is 1.43 bits per heavy atom. The molecule has 1 aliphatic rings. The predicted molar refractivity (Wildman–Crippen MR) is 79.5 cm³/mol. The molecule has 6 nitrogen and oxygen atoms in total. The molecular formula is C15H21N3O3. The number of piperidine rings is 1. The fourth-order valence-corrected chi connectivity index (χ4v) is 2.72. The number of aromatic nitrogens is 1. The van der Waals surface area contributed by atoms with Gasteiger partial charge in [0.05, 0.1) is 17.4 Å². The van der Waals surface area contributed by atoms with Crippen LogP contribution in [-0.4, -0.2) is 39.6 Å². The van der Waals surface area contributed by atoms with E-state index in [-0.39, 0.29) is 17.6 Å². The van der Waals surface area contributed by atoms with Crippen molar-refractivity contribution < 1.29 is 14.7 Å². The third kappa shape index (κ3) is 3.93. The highest BCUT2D eigenvalue weighted by atomic mass is 16.4. The Bertz CT molecular complexity index is 517. The van der Waals surface area contributed by atoms with Crippen molar-refractivity contribution in [2.45, 2.75) is 45.1 Å². The molecule has 6 heteroatoms. The summed E-state index contributed by atoms with van der Waals surface area (Å²) in [4.78, 5) is 29.0. The van der Waals surface area contributed by atoms with Crippen molar-refractivity contribution in [1.29, 1.82) is 0 Å². The lowest BCUT2D eigenvalue weighted by molar-refractivity contribution is 0.0696. The van der Waals surface area contributed by atoms with E-state index in [1.807, 2.05) is 4.90 Å². The minimum Gasteiger partial charge on any atom is -0.478 e. The summed E-state index contributed by atoms with van der Waals surface area (Å²) >= 11 is 0. The molecule has 2 amide bonds. The number of carboxylic acid groups (broad SMARTS) is 1. The maximum Gasteiger partial charge on any atom is 0.337 e. The Morgan fingerprint density at radius 2 is 2.24 bits per heavy atom. The molecule has 21 heavy (non-hydrogen) atoms. The van der Waals surface area contributed by atoms with Crippen LogP contribution < -0.4 is 5.32 Å². The lowest BCUT2D eigenvalue weighted by atomic mass is 9.99. The molecular weight excluding hydrogens is 270 g/mol. The summed E-state index contributed by atoms with van der Waals surface area (Å²) in [7, 11) is 0. The fourth-order valence-electron chi connectivity index (χ4n) is 2.72. The first-order valence-corrected chi connectivity index (χ1v) is 7.37. The average molecular weight is 291 g/mol. The van der Waals surface area contributed by atoms with Crippen LogP contribution in [0.1, 0.15) is 49.4 Å². The number of aromatic carboxylic acids is 1. The van der Waals surface area contributed by atoms with E-state index >= 15 is 0 Å². The zero-order chi connectivity index (χ0) is 15.2. The Hall–Kier alpha value is -2.11. The number of carboxylic acids is 1. The van der Waals surface area contributed by atoms with Crippen LogP contribution in [0.3, 0.4) is 0 Å². The standard InChI is InChI=1S/C15H21N3O3/c1-2-5-13-6-3-4-7-18(13)15(21)17-12-8-11(14(19)20)9-16-10-12/h8-10,13H,2-7H2,1H3,(H,17,21)(H,19,20). The molecule has 0 bridgehead atoms. The number of anilines is 1. The van der Waals surface area contributed by atoms with Crippen LogP contribution in [0.4, 0.5) is 10.5 Å². The highest BCUT2D eigenvalue weighted by Gasteiger charge is 2.26. The van der Waals surface area contributed by atoms with Crippen molar-refractivity contribution in [1.82, 2.24) is 9.88 Å². The predicted octanol–water partition coefficient (Wildman–Crippen LogP) is 2.97. The summed E-state index contributed by atoms with van der Waals surface area (Å²) in [5.74, 6) is -1.06. The molecule has 1 unspecified atom stereocenters. The highest BCUT2D eigenvalue weighted by molar-refractivity contribution is 5.92. The smallest absolute Gasteiger partial charge is 0.337 e. The average Bonchev–Trinajstić information content (AvgIpc) is 2.48. The molecule has 2 heterocycles. The van der Waals surface area contributed by atoms with E-state index in [1.165, 1.54) is 18.5 Å². The molecule has 0 radical (unpaired) electrons. The number of nitrogens with one attached hydrogen (secondary N) is 1. The molecule has 0 aromatic carbocycles. The third-order valence-electron chi connectivity index (χ3n) is 3.75. The van der Waals surface area contributed by atoms with Gasteiger partial charge in [-0.15, -0.1) is 0 Å². The summed E-state index contributed by atoms with van der Waals surface area (Å²) in [5, 5.41) is 11.7. The van der Waals surface area contributed by atoms with Crippen molar-refractivity contribution in [2.75, 3.05) is 11.9 Å². The Labute approximate surface area is 124 Å². The summed E-state index contributed by atoms with van der Waals surface area (Å²) in [6.45, 7) is 2.87. The van der Waals surface area contributed by atoms with E-state index in [0.29, 0.717) is 5.69 Å². The van der Waals surface area contributed by atoms with Gasteiger partial charge in [0.25, 0.3) is 0 Å². The topological polar surface area (TPSA) is 82.5 Å². The number of amides is 2. The van der Waals surface area contributed by atoms with Gasteiger partial charge in [-0.05, 0) is 31.7 Å². The number of carbonyl (C=O) groups is 2. The number of pyridine rings is 1. The van der Waals surface area contributed by atoms with Gasteiger partial charge in [-0.2, -0.15) is 0 Å². The maximum absolute atomic E-state index is 12.4. The molecule has 1 saturated heterocycles. The van der Waals surface area contributed by atoms with Crippen LogP contribution in [0.2, 0.25) is 0 Å². The largest absolute Gasteiger partial charge is 0.478 e. The zero-order valence-corrected chi connectivity index (χ0v) is 12.2. The molecule has 1 atom stereocenters. The van der Waals surface area contributed by atoms with Crippen LogP contribution in [0.15, 0.2) is 18.5 Å². The van der Waals surface area contributed by atoms with Gasteiger partial charge in [-0.25, -0.2) is 9.59 Å². The highest BCUT2D eigenvalue weighted by Crippen LogP contribution is 2.22. The van der Waals surface area contributed by atoms with E-state index in [4.69, 9.17) is 5.11 Å². The lowest BCUT2D eigenvalue weighted by Crippen LogP contribution is -2.45. The molecule has 0 spiro atoms. The Kier molecular flexibility index (Phi) is 5.14. The van der Waals surface area contributed by atoms with Crippen LogP contribution in [0.25, 0.3) is 0 Å². The zero-order valence-electron chi connectivity index (χ0n) is 12.2. The maximum atomic E-state index is 12.4. The van der Waals surface area contributed by atoms with Crippen molar-refractivity contribution in [3.8, 4) is 0 Å². The summed E-state index contributed by atoms with van der Waals surface area (Å²) in [6.07, 6.45) is 7.98. The summed E-state index contributed by atoms with van der Waals surface area (Å²) < 4.78 is 0. The number of rotatable bonds is 4. The van der Waals surface area contributed by atoms with E-state index in [2.05, 4.69) is 17.2 Å². The number of urea groups is 1. The second-order valence-corrected chi connectivity index (χ2v) is 5.33. The van der Waals surface area contributed by atoms with Gasteiger partial charge in [-0.1, -0.05) is 13.3 Å². The second-order valence-electron chi connectivity index (χ2n) is 5.33. The van der Waals surface area contributed by atoms with Crippen molar-refractivity contribution in [2.24, 2.45) is 0 Å². The number of nitrogens with zero attached hydrogens (tertiary/aromatic N) is 2. The Morgan fingerprint density at radius 3 is 2.95 bits per heavy atom. The molecule has 1 aliphatic heterocycles.